The van der Waals surface area contributed by atoms with Gasteiger partial charge in [0.1, 0.15) is 5.52 Å². The summed E-state index contributed by atoms with van der Waals surface area (Å²) in [5, 5.41) is 1.16. The molecule has 2 heterocycles. The molecule has 4 aromatic rings. The van der Waals surface area contributed by atoms with E-state index in [9.17, 15) is 0 Å². The van der Waals surface area contributed by atoms with E-state index in [0.717, 1.165) is 22.0 Å². The Hall–Kier alpha value is -3.10. The average Bonchev–Trinajstić information content (AvgIpc) is 2.94. The third-order valence-electron chi connectivity index (χ3n) is 3.64. The van der Waals surface area contributed by atoms with Crippen LogP contribution in [0.2, 0.25) is 5.02 Å². The van der Waals surface area contributed by atoms with Gasteiger partial charge in [-0.25, -0.2) is 4.85 Å². The van der Waals surface area contributed by atoms with E-state index in [0.29, 0.717) is 21.8 Å². The van der Waals surface area contributed by atoms with Gasteiger partial charge in [0, 0.05) is 11.6 Å². The van der Waals surface area contributed by atoms with Gasteiger partial charge in [-0.05, 0) is 35.4 Å². The lowest BCUT2D eigenvalue weighted by molar-refractivity contribution is 0.626. The van der Waals surface area contributed by atoms with Crippen LogP contribution in [0.5, 0.6) is 0 Å². The summed E-state index contributed by atoms with van der Waals surface area (Å²) in [5.74, 6) is 0. The van der Waals surface area contributed by atoms with E-state index in [1.54, 1.807) is 0 Å². The monoisotopic (exact) mass is 320 g/mol. The predicted octanol–water partition coefficient (Wildman–Crippen LogP) is 4.83. The van der Waals surface area contributed by atoms with Crippen LogP contribution in [0.25, 0.3) is 38.0 Å². The molecular formula is C17H9ClN4O. The van der Waals surface area contributed by atoms with Gasteiger partial charge in [-0.3, -0.25) is 4.98 Å². The first kappa shape index (κ1) is 13.6. The smallest absolute Gasteiger partial charge is 0.292 e. The minimum Gasteiger partial charge on any atom is -0.424 e. The Labute approximate surface area is 136 Å². The summed E-state index contributed by atoms with van der Waals surface area (Å²) in [4.78, 5) is 11.8. The Kier molecular flexibility index (Phi) is 2.93. The summed E-state index contributed by atoms with van der Waals surface area (Å²) in [6.07, 6.45) is 1.49. The largest absolute Gasteiger partial charge is 0.424 e. The van der Waals surface area contributed by atoms with Gasteiger partial charge in [0.05, 0.1) is 17.1 Å². The summed E-state index contributed by atoms with van der Waals surface area (Å²) in [6, 6.07) is 11.5. The van der Waals surface area contributed by atoms with Crippen LogP contribution in [0, 0.1) is 6.57 Å². The fraction of sp³-hybridized carbons (Fsp3) is 0. The van der Waals surface area contributed by atoms with E-state index < -0.39 is 0 Å². The van der Waals surface area contributed by atoms with Crippen molar-refractivity contribution < 1.29 is 4.42 Å². The molecule has 0 unspecified atom stereocenters. The fourth-order valence-electron chi connectivity index (χ4n) is 2.53. The molecule has 0 atom stereocenters. The maximum absolute atomic E-state index is 7.14. The number of aromatic nitrogens is 2. The molecule has 0 saturated carbocycles. The molecule has 2 N–H and O–H groups in total. The van der Waals surface area contributed by atoms with Crippen molar-refractivity contribution in [2.24, 2.45) is 0 Å². The summed E-state index contributed by atoms with van der Waals surface area (Å²) in [5.41, 5.74) is 9.91. The van der Waals surface area contributed by atoms with Crippen LogP contribution in [-0.2, 0) is 0 Å². The van der Waals surface area contributed by atoms with Crippen LogP contribution in [0.4, 0.5) is 11.7 Å². The number of hydrogen-bond acceptors (Lipinski definition) is 4. The van der Waals surface area contributed by atoms with Crippen LogP contribution >= 0.6 is 11.6 Å². The van der Waals surface area contributed by atoms with E-state index in [4.69, 9.17) is 28.3 Å². The Balaban J connectivity index is 1.93. The first-order chi connectivity index (χ1) is 11.2. The molecule has 5 nitrogen and oxygen atoms in total. The van der Waals surface area contributed by atoms with Crippen molar-refractivity contribution in [2.45, 2.75) is 0 Å². The van der Waals surface area contributed by atoms with Crippen molar-refractivity contribution in [3.8, 4) is 11.1 Å². The van der Waals surface area contributed by atoms with Crippen LogP contribution in [-0.4, -0.2) is 9.97 Å². The lowest BCUT2D eigenvalue weighted by Gasteiger charge is -2.06. The zero-order chi connectivity index (χ0) is 16.0. The molecule has 23 heavy (non-hydrogen) atoms. The zero-order valence-electron chi connectivity index (χ0n) is 11.7. The number of rotatable bonds is 1. The minimum absolute atomic E-state index is 0.143. The molecule has 6 heteroatoms. The number of anilines is 1. The molecule has 0 amide bonds. The van der Waals surface area contributed by atoms with Gasteiger partial charge in [-0.2, -0.15) is 4.98 Å². The van der Waals surface area contributed by atoms with Gasteiger partial charge < -0.3 is 10.2 Å². The second-order valence-corrected chi connectivity index (χ2v) is 5.41. The summed E-state index contributed by atoms with van der Waals surface area (Å²) >= 11 is 6.30. The van der Waals surface area contributed by atoms with E-state index in [1.165, 1.54) is 6.20 Å². The van der Waals surface area contributed by atoms with E-state index in [-0.39, 0.29) is 6.01 Å². The van der Waals surface area contributed by atoms with E-state index in [1.807, 2.05) is 36.4 Å². The molecule has 0 saturated heterocycles. The minimum atomic E-state index is 0.143. The van der Waals surface area contributed by atoms with Gasteiger partial charge >= 0.3 is 0 Å². The summed E-state index contributed by atoms with van der Waals surface area (Å²) in [6.45, 7) is 7.14. The number of pyridine rings is 1. The molecule has 0 aliphatic carbocycles. The third-order valence-corrected chi connectivity index (χ3v) is 4.04. The molecule has 2 aromatic carbocycles. The number of nitrogen functional groups attached to an aromatic ring is 1. The number of fused-ring (bicyclic) bond motifs is 2. The summed E-state index contributed by atoms with van der Waals surface area (Å²) < 4.78 is 5.28. The number of oxazole rings is 1. The first-order valence-electron chi connectivity index (χ1n) is 6.78. The van der Waals surface area contributed by atoms with Crippen molar-refractivity contribution >= 4 is 45.3 Å². The van der Waals surface area contributed by atoms with Crippen LogP contribution in [0.15, 0.2) is 47.0 Å². The fourth-order valence-corrected chi connectivity index (χ4v) is 2.77. The average molecular weight is 321 g/mol. The second kappa shape index (κ2) is 4.97. The van der Waals surface area contributed by atoms with Gasteiger partial charge in [-0.1, -0.05) is 23.7 Å². The molecule has 0 aliphatic heterocycles. The molecule has 0 spiro atoms. The van der Waals surface area contributed by atoms with Crippen molar-refractivity contribution in [3.63, 3.8) is 0 Å². The lowest BCUT2D eigenvalue weighted by Crippen LogP contribution is -1.84. The Morgan fingerprint density at radius 2 is 1.87 bits per heavy atom. The van der Waals surface area contributed by atoms with Crippen molar-refractivity contribution in [1.82, 2.24) is 9.97 Å². The van der Waals surface area contributed by atoms with Gasteiger partial charge in [0.2, 0.25) is 5.69 Å². The highest BCUT2D eigenvalue weighted by atomic mass is 35.5. The number of halogens is 1. The standard InChI is InChI=1S/C17H9ClN4O/c1-20-14-8-21-12-4-2-9(6-11(12)16(14)18)10-3-5-15-13(7-10)22-17(19)23-15/h2-8H,(H2,19,22). The molecule has 0 radical (unpaired) electrons. The molecule has 4 rings (SSSR count). The Morgan fingerprint density at radius 1 is 1.09 bits per heavy atom. The maximum atomic E-state index is 7.14. The topological polar surface area (TPSA) is 69.3 Å². The van der Waals surface area contributed by atoms with Crippen molar-refractivity contribution in [2.75, 3.05) is 5.73 Å². The lowest BCUT2D eigenvalue weighted by atomic mass is 10.0. The SMILES string of the molecule is [C-]#[N+]c1cnc2ccc(-c3ccc4oc(N)nc4c3)cc2c1Cl. The summed E-state index contributed by atoms with van der Waals surface area (Å²) in [7, 11) is 0. The van der Waals surface area contributed by atoms with Crippen LogP contribution in [0.3, 0.4) is 0 Å². The molecular weight excluding hydrogens is 312 g/mol. The number of hydrogen-bond donors (Lipinski definition) is 1. The zero-order valence-corrected chi connectivity index (χ0v) is 12.5. The van der Waals surface area contributed by atoms with Gasteiger partial charge in [0.15, 0.2) is 5.58 Å². The predicted molar refractivity (Wildman–Crippen MR) is 90.4 cm³/mol. The number of benzene rings is 2. The van der Waals surface area contributed by atoms with E-state index in [2.05, 4.69) is 14.8 Å². The van der Waals surface area contributed by atoms with Gasteiger partial charge in [-0.15, -0.1) is 0 Å². The third kappa shape index (κ3) is 2.17. The van der Waals surface area contributed by atoms with Gasteiger partial charge in [0.25, 0.3) is 6.01 Å². The first-order valence-corrected chi connectivity index (χ1v) is 7.15. The molecule has 2 aromatic heterocycles. The maximum Gasteiger partial charge on any atom is 0.292 e. The molecule has 0 bridgehead atoms. The number of nitrogens with zero attached hydrogens (tertiary/aromatic N) is 3. The molecule has 0 aliphatic rings. The Morgan fingerprint density at radius 3 is 2.70 bits per heavy atom. The highest BCUT2D eigenvalue weighted by Crippen LogP contribution is 2.34. The van der Waals surface area contributed by atoms with Crippen molar-refractivity contribution in [3.05, 3.63) is 59.0 Å². The van der Waals surface area contributed by atoms with Crippen molar-refractivity contribution in [1.29, 1.82) is 0 Å². The molecule has 0 fully saturated rings. The van der Waals surface area contributed by atoms with Crippen LogP contribution in [0.1, 0.15) is 0 Å². The van der Waals surface area contributed by atoms with E-state index >= 15 is 0 Å². The van der Waals surface area contributed by atoms with Crippen LogP contribution < -0.4 is 5.73 Å². The molecule has 110 valence electrons. The quantitative estimate of drug-likeness (QED) is 0.510. The highest BCUT2D eigenvalue weighted by molar-refractivity contribution is 6.38. The number of nitrogens with two attached hydrogens (primary N) is 1. The second-order valence-electron chi connectivity index (χ2n) is 5.04. The normalized spacial score (nSPS) is 11.0. The highest BCUT2D eigenvalue weighted by Gasteiger charge is 2.10. The Bertz CT molecular complexity index is 1110.